The van der Waals surface area contributed by atoms with Crippen molar-refractivity contribution in [3.8, 4) is 5.75 Å². The van der Waals surface area contributed by atoms with Gasteiger partial charge in [0.05, 0.1) is 41.8 Å². The van der Waals surface area contributed by atoms with E-state index in [4.69, 9.17) is 13.9 Å². The van der Waals surface area contributed by atoms with E-state index in [9.17, 15) is 19.5 Å². The van der Waals surface area contributed by atoms with Crippen molar-refractivity contribution in [2.45, 2.75) is 6.42 Å². The zero-order valence-corrected chi connectivity index (χ0v) is 23.3. The number of Topliss-reactive ketones (excluding diaryl/α,β-unsaturated/α-hetero) is 1. The molecule has 188 valence electrons. The van der Waals surface area contributed by atoms with E-state index in [0.717, 1.165) is 28.9 Å². The molecule has 2 saturated heterocycles. The van der Waals surface area contributed by atoms with Crippen LogP contribution in [0.5, 0.6) is 5.75 Å². The maximum absolute atomic E-state index is 11.9. The molecular weight excluding hydrogens is 628 g/mol. The van der Waals surface area contributed by atoms with Crippen LogP contribution in [0.3, 0.4) is 0 Å². The molecular formula is C22H22Br2N2O7S2. The van der Waals surface area contributed by atoms with Crippen LogP contribution in [0, 0.1) is 0 Å². The highest BCUT2D eigenvalue weighted by Crippen LogP contribution is 2.34. The lowest BCUT2D eigenvalue weighted by Crippen LogP contribution is -2.41. The predicted molar refractivity (Wildman–Crippen MR) is 141 cm³/mol. The number of rotatable bonds is 4. The molecule has 35 heavy (non-hydrogen) atoms. The van der Waals surface area contributed by atoms with Crippen LogP contribution in [-0.2, 0) is 14.3 Å². The van der Waals surface area contributed by atoms with E-state index in [-0.39, 0.29) is 34.2 Å². The number of carbonyl (C=O) groups excluding carboxylic acids is 2. The summed E-state index contributed by atoms with van der Waals surface area (Å²) in [6.07, 6.45) is -0.208. The molecule has 0 radical (unpaired) electrons. The van der Waals surface area contributed by atoms with Crippen LogP contribution in [0.25, 0.3) is 10.3 Å². The number of morpholine rings is 2. The van der Waals surface area contributed by atoms with Gasteiger partial charge in [0.15, 0.2) is 23.0 Å². The van der Waals surface area contributed by atoms with Crippen LogP contribution in [0.4, 0.5) is 5.88 Å². The van der Waals surface area contributed by atoms with Crippen molar-refractivity contribution in [3.63, 3.8) is 0 Å². The van der Waals surface area contributed by atoms with Crippen LogP contribution < -0.4 is 10.3 Å². The van der Waals surface area contributed by atoms with E-state index in [1.807, 2.05) is 10.3 Å². The first kappa shape index (κ1) is 26.3. The largest absolute Gasteiger partial charge is 0.505 e. The molecule has 13 heteroatoms. The highest BCUT2D eigenvalue weighted by atomic mass is 79.9. The predicted octanol–water partition coefficient (Wildman–Crippen LogP) is 4.10. The molecule has 3 aromatic heterocycles. The number of fused-ring (bicyclic) bond motifs is 1. The van der Waals surface area contributed by atoms with Crippen LogP contribution in [0.2, 0.25) is 0 Å². The number of anilines is 1. The fraction of sp³-hybridized carbons (Fsp3) is 0.409. The molecule has 5 rings (SSSR count). The summed E-state index contributed by atoms with van der Waals surface area (Å²) in [5.74, 6) is -0.0170. The van der Waals surface area contributed by atoms with Crippen molar-refractivity contribution in [2.75, 3.05) is 57.5 Å². The summed E-state index contributed by atoms with van der Waals surface area (Å²) in [4.78, 5) is 39.5. The second-order valence-electron chi connectivity index (χ2n) is 7.64. The SMILES string of the molecule is O=C(CC(=O)N1CCOCC1)c1scc(Br)c1O.O=c1cc(N2CCOCC2)oc2c(Br)csc12. The molecule has 1 N–H and O–H groups in total. The van der Waals surface area contributed by atoms with Gasteiger partial charge in [-0.1, -0.05) is 0 Å². The van der Waals surface area contributed by atoms with Crippen molar-refractivity contribution in [3.05, 3.63) is 40.9 Å². The smallest absolute Gasteiger partial charge is 0.230 e. The number of amides is 1. The third-order valence-electron chi connectivity index (χ3n) is 5.36. The third-order valence-corrected chi connectivity index (χ3v) is 9.15. The summed E-state index contributed by atoms with van der Waals surface area (Å²) in [7, 11) is 0. The first-order valence-electron chi connectivity index (χ1n) is 10.7. The monoisotopic (exact) mass is 648 g/mol. The minimum atomic E-state index is -0.348. The Balaban J connectivity index is 0.000000165. The minimum Gasteiger partial charge on any atom is -0.505 e. The fourth-order valence-electron chi connectivity index (χ4n) is 3.51. The van der Waals surface area contributed by atoms with Gasteiger partial charge in [-0.05, 0) is 31.9 Å². The van der Waals surface area contributed by atoms with Gasteiger partial charge in [-0.2, -0.15) is 0 Å². The molecule has 0 atom stereocenters. The average molecular weight is 650 g/mol. The molecule has 9 nitrogen and oxygen atoms in total. The second kappa shape index (κ2) is 12.0. The van der Waals surface area contributed by atoms with Crippen LogP contribution in [0.15, 0.2) is 35.0 Å². The minimum absolute atomic E-state index is 0.0171. The molecule has 0 saturated carbocycles. The van der Waals surface area contributed by atoms with E-state index >= 15 is 0 Å². The highest BCUT2D eigenvalue weighted by Gasteiger charge is 2.23. The first-order valence-corrected chi connectivity index (χ1v) is 14.1. The number of hydrogen-bond acceptors (Lipinski definition) is 10. The normalized spacial score (nSPS) is 16.2. The molecule has 0 spiro atoms. The van der Waals surface area contributed by atoms with Gasteiger partial charge < -0.3 is 28.8 Å². The van der Waals surface area contributed by atoms with Gasteiger partial charge >= 0.3 is 0 Å². The lowest BCUT2D eigenvalue weighted by atomic mass is 10.2. The van der Waals surface area contributed by atoms with Gasteiger partial charge in [-0.15, -0.1) is 22.7 Å². The second-order valence-corrected chi connectivity index (χ2v) is 11.1. The van der Waals surface area contributed by atoms with Crippen molar-refractivity contribution in [2.24, 2.45) is 0 Å². The fourth-order valence-corrected chi connectivity index (χ4v) is 6.33. The molecule has 3 aromatic rings. The number of ether oxygens (including phenoxy) is 2. The van der Waals surface area contributed by atoms with Crippen LogP contribution in [0.1, 0.15) is 16.1 Å². The van der Waals surface area contributed by atoms with E-state index < -0.39 is 0 Å². The number of halogens is 2. The molecule has 1 amide bonds. The molecule has 0 unspecified atom stereocenters. The van der Waals surface area contributed by atoms with Crippen molar-refractivity contribution in [1.82, 2.24) is 4.90 Å². The highest BCUT2D eigenvalue weighted by molar-refractivity contribution is 9.11. The Morgan fingerprint density at radius 1 is 0.971 bits per heavy atom. The zero-order valence-electron chi connectivity index (χ0n) is 18.5. The number of ketones is 1. The summed E-state index contributed by atoms with van der Waals surface area (Å²) in [5, 5.41) is 13.1. The Labute approximate surface area is 225 Å². The lowest BCUT2D eigenvalue weighted by Gasteiger charge is -2.26. The third kappa shape index (κ3) is 6.33. The summed E-state index contributed by atoms with van der Waals surface area (Å²) < 4.78 is 18.2. The van der Waals surface area contributed by atoms with E-state index in [0.29, 0.717) is 60.2 Å². The van der Waals surface area contributed by atoms with Crippen LogP contribution in [-0.4, -0.2) is 74.3 Å². The maximum atomic E-state index is 11.9. The molecule has 0 aromatic carbocycles. The first-order chi connectivity index (χ1) is 16.8. The van der Waals surface area contributed by atoms with Gasteiger partial charge in [0.2, 0.25) is 11.3 Å². The quantitative estimate of drug-likeness (QED) is 0.332. The van der Waals surface area contributed by atoms with Gasteiger partial charge in [0, 0.05) is 43.0 Å². The van der Waals surface area contributed by atoms with Gasteiger partial charge in [0.1, 0.15) is 9.58 Å². The number of hydrogen-bond donors (Lipinski definition) is 1. The van der Waals surface area contributed by atoms with E-state index in [1.165, 1.54) is 11.3 Å². The Hall–Kier alpha value is -1.77. The number of thiophene rings is 2. The molecule has 5 heterocycles. The molecule has 2 aliphatic rings. The van der Waals surface area contributed by atoms with Gasteiger partial charge in [0.25, 0.3) is 0 Å². The van der Waals surface area contributed by atoms with Gasteiger partial charge in [-0.25, -0.2) is 0 Å². The topological polar surface area (TPSA) is 110 Å². The Morgan fingerprint density at radius 3 is 2.23 bits per heavy atom. The molecule has 0 aliphatic carbocycles. The molecule has 2 aliphatic heterocycles. The van der Waals surface area contributed by atoms with Crippen molar-refractivity contribution in [1.29, 1.82) is 0 Å². The van der Waals surface area contributed by atoms with E-state index in [1.54, 1.807) is 16.3 Å². The lowest BCUT2D eigenvalue weighted by molar-refractivity contribution is -0.134. The average Bonchev–Trinajstić information content (AvgIpc) is 3.42. The van der Waals surface area contributed by atoms with Gasteiger partial charge in [-0.3, -0.25) is 14.4 Å². The number of nitrogens with zero attached hydrogens (tertiary/aromatic N) is 2. The summed E-state index contributed by atoms with van der Waals surface area (Å²) in [6.45, 7) is 4.93. The summed E-state index contributed by atoms with van der Waals surface area (Å²) in [5.41, 5.74) is 0.660. The van der Waals surface area contributed by atoms with Crippen molar-refractivity contribution >= 4 is 82.4 Å². The Bertz CT molecular complexity index is 1260. The van der Waals surface area contributed by atoms with Crippen LogP contribution >= 0.6 is 54.5 Å². The van der Waals surface area contributed by atoms with E-state index in [2.05, 4.69) is 31.9 Å². The zero-order chi connectivity index (χ0) is 24.9. The number of carbonyl (C=O) groups is 2. The standard InChI is InChI=1S/C11H12BrNO4S.C11H10BrNO3S/c12-7-6-18-11(10(7)16)8(14)5-9(15)13-1-3-17-4-2-13;12-7-6-17-11-8(14)5-9(16-10(7)11)13-1-3-15-4-2-13/h6,16H,1-5H2;5-6H,1-4H2. The maximum Gasteiger partial charge on any atom is 0.230 e. The Kier molecular flexibility index (Phi) is 9.00. The molecule has 2 fully saturated rings. The summed E-state index contributed by atoms with van der Waals surface area (Å²) in [6, 6.07) is 1.57. The van der Waals surface area contributed by atoms with Crippen molar-refractivity contribution < 1.29 is 28.6 Å². The molecule has 0 bridgehead atoms. The summed E-state index contributed by atoms with van der Waals surface area (Å²) >= 11 is 9.05. The number of aromatic hydroxyl groups is 1. The Morgan fingerprint density at radius 2 is 1.60 bits per heavy atom.